The standard InChI is InChI=1S/C7H12N2/c1-5-4-6(8)2-3-7(5)9/h2-3,5H,4,8-9H2,1H3. The van der Waals surface area contributed by atoms with Crippen LogP contribution in [0.1, 0.15) is 13.3 Å². The van der Waals surface area contributed by atoms with Crippen LogP contribution in [0.15, 0.2) is 23.5 Å². The third kappa shape index (κ3) is 1.25. The molecule has 0 aromatic carbocycles. The zero-order chi connectivity index (χ0) is 6.85. The van der Waals surface area contributed by atoms with Gasteiger partial charge in [0.05, 0.1) is 0 Å². The van der Waals surface area contributed by atoms with E-state index in [9.17, 15) is 0 Å². The van der Waals surface area contributed by atoms with Gasteiger partial charge in [-0.3, -0.25) is 0 Å². The summed E-state index contributed by atoms with van der Waals surface area (Å²) in [4.78, 5) is 0. The summed E-state index contributed by atoms with van der Waals surface area (Å²) in [5.74, 6) is 0.426. The van der Waals surface area contributed by atoms with Crippen LogP contribution in [-0.4, -0.2) is 0 Å². The highest BCUT2D eigenvalue weighted by Crippen LogP contribution is 2.17. The molecule has 0 amide bonds. The quantitative estimate of drug-likeness (QED) is 0.499. The van der Waals surface area contributed by atoms with E-state index in [-0.39, 0.29) is 0 Å². The molecule has 9 heavy (non-hydrogen) atoms. The Balaban J connectivity index is 2.74. The first kappa shape index (κ1) is 6.20. The topological polar surface area (TPSA) is 52.0 Å². The molecule has 0 radical (unpaired) electrons. The number of hydrogen-bond donors (Lipinski definition) is 2. The Morgan fingerprint density at radius 3 is 2.56 bits per heavy atom. The summed E-state index contributed by atoms with van der Waals surface area (Å²) >= 11 is 0. The van der Waals surface area contributed by atoms with Crippen molar-refractivity contribution in [2.24, 2.45) is 17.4 Å². The van der Waals surface area contributed by atoms with E-state index in [1.54, 1.807) is 0 Å². The fourth-order valence-electron chi connectivity index (χ4n) is 0.907. The third-order valence-electron chi connectivity index (χ3n) is 1.60. The molecule has 0 bridgehead atoms. The molecule has 0 aromatic rings. The molecule has 0 saturated carbocycles. The van der Waals surface area contributed by atoms with Gasteiger partial charge in [-0.05, 0) is 18.6 Å². The van der Waals surface area contributed by atoms with Gasteiger partial charge < -0.3 is 11.5 Å². The average Bonchev–Trinajstić information content (AvgIpc) is 1.80. The predicted octanol–water partition coefficient (Wildman–Crippen LogP) is 0.711. The largest absolute Gasteiger partial charge is 0.402 e. The maximum absolute atomic E-state index is 5.60. The van der Waals surface area contributed by atoms with Gasteiger partial charge in [-0.15, -0.1) is 0 Å². The first-order valence-electron chi connectivity index (χ1n) is 3.12. The molecule has 0 aromatic heterocycles. The average molecular weight is 124 g/mol. The van der Waals surface area contributed by atoms with Crippen LogP contribution in [0.25, 0.3) is 0 Å². The third-order valence-corrected chi connectivity index (χ3v) is 1.60. The maximum Gasteiger partial charge on any atom is 0.0114 e. The van der Waals surface area contributed by atoms with Crippen molar-refractivity contribution in [2.75, 3.05) is 0 Å². The van der Waals surface area contributed by atoms with Crippen molar-refractivity contribution in [3.8, 4) is 0 Å². The zero-order valence-corrected chi connectivity index (χ0v) is 5.59. The molecule has 0 spiro atoms. The molecule has 0 fully saturated rings. The van der Waals surface area contributed by atoms with Crippen molar-refractivity contribution in [3.63, 3.8) is 0 Å². The van der Waals surface area contributed by atoms with Gasteiger partial charge in [-0.1, -0.05) is 6.92 Å². The van der Waals surface area contributed by atoms with Gasteiger partial charge in [-0.25, -0.2) is 0 Å². The number of allylic oxidation sites excluding steroid dienone is 4. The summed E-state index contributed by atoms with van der Waals surface area (Å²) in [5.41, 5.74) is 13.0. The summed E-state index contributed by atoms with van der Waals surface area (Å²) < 4.78 is 0. The zero-order valence-electron chi connectivity index (χ0n) is 5.59. The first-order chi connectivity index (χ1) is 4.20. The van der Waals surface area contributed by atoms with E-state index in [1.165, 1.54) is 0 Å². The van der Waals surface area contributed by atoms with Crippen LogP contribution in [0.5, 0.6) is 0 Å². The van der Waals surface area contributed by atoms with Crippen molar-refractivity contribution in [3.05, 3.63) is 23.5 Å². The lowest BCUT2D eigenvalue weighted by atomic mass is 9.97. The van der Waals surface area contributed by atoms with Crippen molar-refractivity contribution in [1.82, 2.24) is 0 Å². The number of rotatable bonds is 0. The van der Waals surface area contributed by atoms with Gasteiger partial charge in [0.25, 0.3) is 0 Å². The Morgan fingerprint density at radius 2 is 2.11 bits per heavy atom. The van der Waals surface area contributed by atoms with Crippen LogP contribution in [0.4, 0.5) is 0 Å². The lowest BCUT2D eigenvalue weighted by Crippen LogP contribution is -2.15. The molecular weight excluding hydrogens is 112 g/mol. The lowest BCUT2D eigenvalue weighted by molar-refractivity contribution is 0.649. The van der Waals surface area contributed by atoms with Crippen LogP contribution in [0, 0.1) is 5.92 Å². The Morgan fingerprint density at radius 1 is 1.44 bits per heavy atom. The Hall–Kier alpha value is -0.920. The smallest absolute Gasteiger partial charge is 0.0114 e. The van der Waals surface area contributed by atoms with E-state index < -0.39 is 0 Å². The van der Waals surface area contributed by atoms with Gasteiger partial charge in [0.2, 0.25) is 0 Å². The summed E-state index contributed by atoms with van der Waals surface area (Å²) in [6.07, 6.45) is 4.65. The summed E-state index contributed by atoms with van der Waals surface area (Å²) in [7, 11) is 0. The van der Waals surface area contributed by atoms with Gasteiger partial charge in [0.1, 0.15) is 0 Å². The first-order valence-corrected chi connectivity index (χ1v) is 3.12. The highest BCUT2D eigenvalue weighted by Gasteiger charge is 2.08. The monoisotopic (exact) mass is 124 g/mol. The van der Waals surface area contributed by atoms with Crippen LogP contribution < -0.4 is 11.5 Å². The minimum Gasteiger partial charge on any atom is -0.402 e. The fourth-order valence-corrected chi connectivity index (χ4v) is 0.907. The molecule has 0 aliphatic heterocycles. The lowest BCUT2D eigenvalue weighted by Gasteiger charge is -2.15. The van der Waals surface area contributed by atoms with Crippen LogP contribution in [-0.2, 0) is 0 Å². The molecule has 4 N–H and O–H groups in total. The Labute approximate surface area is 55.2 Å². The summed E-state index contributed by atoms with van der Waals surface area (Å²) in [6, 6.07) is 0. The van der Waals surface area contributed by atoms with E-state index in [2.05, 4.69) is 6.92 Å². The highest BCUT2D eigenvalue weighted by molar-refractivity contribution is 5.22. The molecule has 50 valence electrons. The molecule has 2 heteroatoms. The Bertz CT molecular complexity index is 168. The highest BCUT2D eigenvalue weighted by atomic mass is 14.6. The molecule has 0 heterocycles. The maximum atomic E-state index is 5.60. The minimum absolute atomic E-state index is 0.426. The molecule has 1 rings (SSSR count). The van der Waals surface area contributed by atoms with Crippen LogP contribution in [0.2, 0.25) is 0 Å². The fraction of sp³-hybridized carbons (Fsp3) is 0.429. The normalized spacial score (nSPS) is 27.0. The number of hydrogen-bond acceptors (Lipinski definition) is 2. The van der Waals surface area contributed by atoms with Gasteiger partial charge >= 0.3 is 0 Å². The van der Waals surface area contributed by atoms with Crippen molar-refractivity contribution >= 4 is 0 Å². The molecule has 1 unspecified atom stereocenters. The van der Waals surface area contributed by atoms with Crippen molar-refractivity contribution in [1.29, 1.82) is 0 Å². The number of nitrogens with two attached hydrogens (primary N) is 2. The van der Waals surface area contributed by atoms with E-state index in [0.29, 0.717) is 5.92 Å². The van der Waals surface area contributed by atoms with Gasteiger partial charge in [0.15, 0.2) is 0 Å². The van der Waals surface area contributed by atoms with Gasteiger partial charge in [-0.2, -0.15) is 0 Å². The Kier molecular flexibility index (Phi) is 1.47. The van der Waals surface area contributed by atoms with E-state index >= 15 is 0 Å². The SMILES string of the molecule is CC1CC(N)=CC=C1N. The molecule has 0 saturated heterocycles. The molecule has 2 nitrogen and oxygen atoms in total. The molecule has 1 aliphatic rings. The predicted molar refractivity (Wildman–Crippen MR) is 38.3 cm³/mol. The van der Waals surface area contributed by atoms with E-state index in [1.807, 2.05) is 12.2 Å². The van der Waals surface area contributed by atoms with Crippen LogP contribution >= 0.6 is 0 Å². The van der Waals surface area contributed by atoms with Gasteiger partial charge in [0, 0.05) is 17.3 Å². The van der Waals surface area contributed by atoms with Crippen molar-refractivity contribution < 1.29 is 0 Å². The molecule has 1 aliphatic carbocycles. The summed E-state index contributed by atoms with van der Waals surface area (Å²) in [5, 5.41) is 0. The van der Waals surface area contributed by atoms with E-state index in [4.69, 9.17) is 11.5 Å². The molecule has 1 atom stereocenters. The van der Waals surface area contributed by atoms with E-state index in [0.717, 1.165) is 17.8 Å². The molecular formula is C7H12N2. The van der Waals surface area contributed by atoms with Crippen LogP contribution in [0.3, 0.4) is 0 Å². The second-order valence-corrected chi connectivity index (χ2v) is 2.51. The minimum atomic E-state index is 0.426. The van der Waals surface area contributed by atoms with Crippen molar-refractivity contribution in [2.45, 2.75) is 13.3 Å². The second-order valence-electron chi connectivity index (χ2n) is 2.51. The second kappa shape index (κ2) is 2.13. The summed E-state index contributed by atoms with van der Waals surface area (Å²) in [6.45, 7) is 2.08.